The van der Waals surface area contributed by atoms with Crippen molar-refractivity contribution in [3.05, 3.63) is 64.8 Å². The number of aromatic nitrogens is 2. The van der Waals surface area contributed by atoms with Gasteiger partial charge in [-0.05, 0) is 63.1 Å². The van der Waals surface area contributed by atoms with Gasteiger partial charge in [-0.3, -0.25) is 9.48 Å². The topological polar surface area (TPSA) is 47.4 Å². The minimum atomic E-state index is 0.0253. The first-order chi connectivity index (χ1) is 13.5. The third-order valence-electron chi connectivity index (χ3n) is 5.39. The van der Waals surface area contributed by atoms with Gasteiger partial charge >= 0.3 is 0 Å². The van der Waals surface area contributed by atoms with Gasteiger partial charge in [-0.15, -0.1) is 0 Å². The Morgan fingerprint density at radius 2 is 1.96 bits per heavy atom. The number of ether oxygens (including phenoxy) is 1. The van der Waals surface area contributed by atoms with Gasteiger partial charge in [0.25, 0.3) is 0 Å². The molecule has 1 aromatic heterocycles. The highest BCUT2D eigenvalue weighted by molar-refractivity contribution is 5.93. The molecule has 0 spiro atoms. The summed E-state index contributed by atoms with van der Waals surface area (Å²) in [5.74, 6) is 0.867. The lowest BCUT2D eigenvalue weighted by atomic mass is 10.0. The summed E-state index contributed by atoms with van der Waals surface area (Å²) in [6, 6.07) is 12.3. The van der Waals surface area contributed by atoms with E-state index in [2.05, 4.69) is 44.1 Å². The van der Waals surface area contributed by atoms with Crippen molar-refractivity contribution in [3.8, 4) is 17.0 Å². The summed E-state index contributed by atoms with van der Waals surface area (Å²) in [5.41, 5.74) is 7.48. The molecular weight excluding hydrogens is 350 g/mol. The van der Waals surface area contributed by atoms with Crippen LogP contribution in [0, 0.1) is 20.8 Å². The summed E-state index contributed by atoms with van der Waals surface area (Å²) in [5, 5.41) is 4.50. The molecule has 28 heavy (non-hydrogen) atoms. The molecule has 0 unspecified atom stereocenters. The van der Waals surface area contributed by atoms with Gasteiger partial charge in [0.05, 0.1) is 11.9 Å². The number of aryl methyl sites for hydroxylation is 3. The molecule has 2 heterocycles. The van der Waals surface area contributed by atoms with Crippen molar-refractivity contribution in [2.75, 3.05) is 11.4 Å². The van der Waals surface area contributed by atoms with Gasteiger partial charge in [-0.2, -0.15) is 5.10 Å². The summed E-state index contributed by atoms with van der Waals surface area (Å²) in [6.45, 7) is 9.49. The second-order valence-corrected chi connectivity index (χ2v) is 7.37. The summed E-state index contributed by atoms with van der Waals surface area (Å²) >= 11 is 0. The first kappa shape index (κ1) is 18.3. The van der Waals surface area contributed by atoms with Crippen LogP contribution in [0.15, 0.2) is 42.6 Å². The molecule has 3 aromatic rings. The number of carbonyl (C=O) groups excluding carboxylic acids is 1. The maximum absolute atomic E-state index is 13.1. The molecule has 1 amide bonds. The fourth-order valence-electron chi connectivity index (χ4n) is 3.68. The quantitative estimate of drug-likeness (QED) is 0.678. The maximum atomic E-state index is 13.1. The molecule has 4 rings (SSSR count). The van der Waals surface area contributed by atoms with Gasteiger partial charge in [-0.1, -0.05) is 17.7 Å². The highest BCUT2D eigenvalue weighted by Gasteiger charge is 2.24. The molecule has 0 fully saturated rings. The van der Waals surface area contributed by atoms with Crippen LogP contribution in [-0.2, 0) is 17.9 Å². The normalized spacial score (nSPS) is 12.1. The zero-order chi connectivity index (χ0) is 19.8. The molecule has 0 N–H and O–H groups in total. The Morgan fingerprint density at radius 1 is 1.14 bits per heavy atom. The number of benzene rings is 2. The average molecular weight is 375 g/mol. The first-order valence-electron chi connectivity index (χ1n) is 9.64. The summed E-state index contributed by atoms with van der Waals surface area (Å²) in [6.07, 6.45) is 1.81. The average Bonchev–Trinajstić information content (AvgIpc) is 3.08. The maximum Gasteiger partial charge on any atom is 0.248 e. The SMILES string of the molecule is CCN(C(=O)Cn1ncc2c1-c1cc(C)ccc1OC2)c1ccc(C)c(C)c1. The molecule has 0 saturated carbocycles. The van der Waals surface area contributed by atoms with Gasteiger partial charge in [-0.25, -0.2) is 0 Å². The fraction of sp³-hybridized carbons (Fsp3) is 0.304. The Balaban J connectivity index is 1.66. The Kier molecular flexibility index (Phi) is 4.67. The van der Waals surface area contributed by atoms with E-state index in [0.717, 1.165) is 33.8 Å². The van der Waals surface area contributed by atoms with Crippen LogP contribution in [-0.4, -0.2) is 22.2 Å². The van der Waals surface area contributed by atoms with Crippen molar-refractivity contribution >= 4 is 11.6 Å². The van der Waals surface area contributed by atoms with Crippen LogP contribution in [0.5, 0.6) is 5.75 Å². The van der Waals surface area contributed by atoms with Crippen LogP contribution in [0.2, 0.25) is 0 Å². The number of fused-ring (bicyclic) bond motifs is 3. The lowest BCUT2D eigenvalue weighted by Crippen LogP contribution is -2.34. The number of anilines is 1. The zero-order valence-electron chi connectivity index (χ0n) is 16.8. The molecule has 1 aliphatic heterocycles. The van der Waals surface area contributed by atoms with Gasteiger partial charge < -0.3 is 9.64 Å². The number of nitrogens with zero attached hydrogens (tertiary/aromatic N) is 3. The van der Waals surface area contributed by atoms with E-state index in [9.17, 15) is 4.79 Å². The predicted octanol–water partition coefficient (Wildman–Crippen LogP) is 4.42. The molecule has 0 saturated heterocycles. The van der Waals surface area contributed by atoms with E-state index in [4.69, 9.17) is 4.74 Å². The van der Waals surface area contributed by atoms with Crippen LogP contribution in [0.4, 0.5) is 5.69 Å². The van der Waals surface area contributed by atoms with Crippen LogP contribution in [0.25, 0.3) is 11.3 Å². The highest BCUT2D eigenvalue weighted by Crippen LogP contribution is 2.38. The van der Waals surface area contributed by atoms with Crippen molar-refractivity contribution in [3.63, 3.8) is 0 Å². The summed E-state index contributed by atoms with van der Waals surface area (Å²) in [7, 11) is 0. The van der Waals surface area contributed by atoms with Gasteiger partial charge in [0.2, 0.25) is 5.91 Å². The van der Waals surface area contributed by atoms with E-state index in [1.54, 1.807) is 6.20 Å². The second-order valence-electron chi connectivity index (χ2n) is 7.37. The molecule has 1 aliphatic rings. The molecule has 0 aliphatic carbocycles. The largest absolute Gasteiger partial charge is 0.488 e. The van der Waals surface area contributed by atoms with Crippen LogP contribution < -0.4 is 9.64 Å². The Hall–Kier alpha value is -3.08. The molecule has 0 radical (unpaired) electrons. The van der Waals surface area contributed by atoms with Gasteiger partial charge in [0.15, 0.2) is 0 Å². The zero-order valence-corrected chi connectivity index (χ0v) is 16.8. The lowest BCUT2D eigenvalue weighted by molar-refractivity contribution is -0.119. The minimum absolute atomic E-state index is 0.0253. The van der Waals surface area contributed by atoms with Crippen LogP contribution >= 0.6 is 0 Å². The molecular formula is C23H25N3O2. The highest BCUT2D eigenvalue weighted by atomic mass is 16.5. The second kappa shape index (κ2) is 7.15. The fourth-order valence-corrected chi connectivity index (χ4v) is 3.68. The van der Waals surface area contributed by atoms with E-state index in [-0.39, 0.29) is 12.5 Å². The number of amides is 1. The molecule has 144 valence electrons. The van der Waals surface area contributed by atoms with Crippen molar-refractivity contribution in [2.45, 2.75) is 40.8 Å². The number of rotatable bonds is 4. The van der Waals surface area contributed by atoms with Crippen molar-refractivity contribution in [2.24, 2.45) is 0 Å². The van der Waals surface area contributed by atoms with E-state index in [1.165, 1.54) is 11.1 Å². The Morgan fingerprint density at radius 3 is 2.71 bits per heavy atom. The van der Waals surface area contributed by atoms with Crippen molar-refractivity contribution in [1.29, 1.82) is 0 Å². The molecule has 2 aromatic carbocycles. The molecule has 0 atom stereocenters. The van der Waals surface area contributed by atoms with Gasteiger partial charge in [0.1, 0.15) is 18.9 Å². The Labute approximate surface area is 165 Å². The van der Waals surface area contributed by atoms with Gasteiger partial charge in [0, 0.05) is 23.4 Å². The number of carbonyl (C=O) groups is 1. The smallest absolute Gasteiger partial charge is 0.248 e. The van der Waals surface area contributed by atoms with E-state index >= 15 is 0 Å². The van der Waals surface area contributed by atoms with Crippen molar-refractivity contribution < 1.29 is 9.53 Å². The monoisotopic (exact) mass is 375 g/mol. The number of likely N-dealkylation sites (N-methyl/N-ethyl adjacent to an activating group) is 1. The van der Waals surface area contributed by atoms with Crippen LogP contribution in [0.1, 0.15) is 29.2 Å². The summed E-state index contributed by atoms with van der Waals surface area (Å²) < 4.78 is 7.64. The summed E-state index contributed by atoms with van der Waals surface area (Å²) in [4.78, 5) is 15.0. The van der Waals surface area contributed by atoms with E-state index < -0.39 is 0 Å². The standard InChI is InChI=1S/C23H25N3O2/c1-5-25(19-8-7-16(3)17(4)11-19)22(27)13-26-23-18(12-24-26)14-28-21-9-6-15(2)10-20(21)23/h6-12H,5,13-14H2,1-4H3. The predicted molar refractivity (Wildman–Crippen MR) is 111 cm³/mol. The third kappa shape index (κ3) is 3.17. The lowest BCUT2D eigenvalue weighted by Gasteiger charge is -2.24. The molecule has 5 heteroatoms. The van der Waals surface area contributed by atoms with Crippen molar-refractivity contribution in [1.82, 2.24) is 9.78 Å². The first-order valence-corrected chi connectivity index (χ1v) is 9.64. The van der Waals surface area contributed by atoms with Crippen LogP contribution in [0.3, 0.4) is 0 Å². The number of hydrogen-bond donors (Lipinski definition) is 0. The Bertz CT molecular complexity index is 1050. The number of hydrogen-bond acceptors (Lipinski definition) is 3. The molecule has 5 nitrogen and oxygen atoms in total. The third-order valence-corrected chi connectivity index (χ3v) is 5.39. The molecule has 0 bridgehead atoms. The van der Waals surface area contributed by atoms with E-state index in [0.29, 0.717) is 13.2 Å². The van der Waals surface area contributed by atoms with E-state index in [1.807, 2.05) is 34.7 Å². The minimum Gasteiger partial charge on any atom is -0.488 e.